The number of nitrogens with zero attached hydrogens (tertiary/aromatic N) is 4. The third-order valence-electron chi connectivity index (χ3n) is 15.2. The molecule has 2 atom stereocenters. The minimum atomic E-state index is -1.06. The molecule has 74 heavy (non-hydrogen) atoms. The van der Waals surface area contributed by atoms with Crippen LogP contribution in [0.3, 0.4) is 0 Å². The van der Waals surface area contributed by atoms with E-state index in [1.54, 1.807) is 16.7 Å². The summed E-state index contributed by atoms with van der Waals surface area (Å²) < 4.78 is 61.0. The molecule has 2 aromatic heterocycles. The van der Waals surface area contributed by atoms with Crippen molar-refractivity contribution in [2.45, 2.75) is 122 Å². The molecule has 0 bridgehead atoms. The molecule has 3 aliphatic rings. The number of carbonyl (C=O) groups excluding carboxylic acids is 2. The van der Waals surface area contributed by atoms with Crippen molar-refractivity contribution in [1.82, 2.24) is 24.4 Å². The first-order chi connectivity index (χ1) is 35.6. The molecule has 3 fully saturated rings. The van der Waals surface area contributed by atoms with E-state index in [1.165, 1.54) is 12.1 Å². The molecule has 4 N–H and O–H groups in total. The largest absolute Gasteiger partial charge is 0.481 e. The van der Waals surface area contributed by atoms with Gasteiger partial charge in [0.15, 0.2) is 23.3 Å². The van der Waals surface area contributed by atoms with Gasteiger partial charge in [-0.05, 0) is 101 Å². The highest BCUT2D eigenvalue weighted by atomic mass is 19.2. The van der Waals surface area contributed by atoms with Gasteiger partial charge in [0.05, 0.1) is 33.5 Å². The Morgan fingerprint density at radius 3 is 1.38 bits per heavy atom. The number of amides is 2. The Morgan fingerprint density at radius 1 is 0.541 bits per heavy atom. The second-order valence-electron chi connectivity index (χ2n) is 20.3. The van der Waals surface area contributed by atoms with Crippen molar-refractivity contribution < 1.29 is 47.0 Å². The Bertz CT molecular complexity index is 3170. The molecule has 0 radical (unpaired) electrons. The number of fused-ring (bicyclic) bond motifs is 2. The third kappa shape index (κ3) is 11.2. The number of carboxylic acid groups (broad SMARTS) is 2. The fraction of sp³-hybridized carbons (Fsp3) is 0.379. The van der Waals surface area contributed by atoms with Crippen molar-refractivity contribution in [3.05, 3.63) is 137 Å². The Labute approximate surface area is 426 Å². The van der Waals surface area contributed by atoms with E-state index in [0.717, 1.165) is 111 Å². The van der Waals surface area contributed by atoms with E-state index in [2.05, 4.69) is 15.6 Å². The van der Waals surface area contributed by atoms with Gasteiger partial charge in [0.1, 0.15) is 23.7 Å². The summed E-state index contributed by atoms with van der Waals surface area (Å²) in [6.45, 7) is 3.94. The number of halogens is 4. The Balaban J connectivity index is 0.000000182. The van der Waals surface area contributed by atoms with Crippen LogP contribution in [0.15, 0.2) is 97.1 Å². The summed E-state index contributed by atoms with van der Waals surface area (Å²) in [4.78, 5) is 59.9. The minimum absolute atomic E-state index is 0.0267. The molecule has 2 amide bonds. The summed E-state index contributed by atoms with van der Waals surface area (Å²) in [5, 5.41) is 24.6. The van der Waals surface area contributed by atoms with Crippen molar-refractivity contribution in [3.8, 4) is 22.8 Å². The van der Waals surface area contributed by atoms with Gasteiger partial charge in [-0.25, -0.2) is 32.3 Å². The van der Waals surface area contributed by atoms with Crippen molar-refractivity contribution in [3.63, 3.8) is 0 Å². The molecule has 3 aliphatic carbocycles. The maximum Gasteiger partial charge on any atom is 0.335 e. The second-order valence-corrected chi connectivity index (χ2v) is 20.3. The monoisotopic (exact) mass is 1010 g/mol. The van der Waals surface area contributed by atoms with Crippen LogP contribution in [0, 0.1) is 54.9 Å². The maximum atomic E-state index is 14.5. The van der Waals surface area contributed by atoms with Gasteiger partial charge >= 0.3 is 11.9 Å². The standard InChI is InChI=1S/C29H33F2N3O3.C29H27F2N3O3/c2*1-17-7-9-19(10-8-17)27-33-24-15-22(30)23(31)16-25(24)34(27)26(18-5-3-2-4-6-18)28(35)32-21-13-11-20(12-14-21)29(36)37/h7-10,15-16,18,20-21,26H,2-6,11-14H2,1H3,(H,32,35)(H,36,37);7-16,18,26H,2-6H2,1H3,(H,32,35)(H,36,37). The van der Waals surface area contributed by atoms with E-state index in [4.69, 9.17) is 4.98 Å². The number of imidazole rings is 2. The lowest BCUT2D eigenvalue weighted by Gasteiger charge is -2.34. The number of aryl methyl sites for hydroxylation is 2. The van der Waals surface area contributed by atoms with E-state index < -0.39 is 47.3 Å². The molecular formula is C58H60F4N6O6. The summed E-state index contributed by atoms with van der Waals surface area (Å²) in [6.07, 6.45) is 11.8. The molecule has 3 saturated carbocycles. The fourth-order valence-electron chi connectivity index (χ4n) is 11.2. The first-order valence-electron chi connectivity index (χ1n) is 25.7. The van der Waals surface area contributed by atoms with Crippen LogP contribution < -0.4 is 10.6 Å². The normalized spacial score (nSPS) is 18.3. The number of nitrogens with one attached hydrogen (secondary N) is 2. The molecule has 0 saturated heterocycles. The van der Waals surface area contributed by atoms with E-state index in [-0.39, 0.29) is 46.7 Å². The second kappa shape index (κ2) is 22.4. The Hall–Kier alpha value is -7.36. The zero-order chi connectivity index (χ0) is 52.2. The predicted octanol–water partition coefficient (Wildman–Crippen LogP) is 12.9. The predicted molar refractivity (Wildman–Crippen MR) is 274 cm³/mol. The van der Waals surface area contributed by atoms with E-state index in [9.17, 15) is 47.0 Å². The molecule has 7 aromatic rings. The van der Waals surface area contributed by atoms with Crippen molar-refractivity contribution in [1.29, 1.82) is 0 Å². The van der Waals surface area contributed by atoms with Crippen LogP contribution in [0.2, 0.25) is 0 Å². The topological polar surface area (TPSA) is 168 Å². The lowest BCUT2D eigenvalue weighted by molar-refractivity contribution is -0.143. The van der Waals surface area contributed by atoms with E-state index >= 15 is 0 Å². The van der Waals surface area contributed by atoms with Gasteiger partial charge in [0, 0.05) is 47.1 Å². The number of benzene rings is 5. The van der Waals surface area contributed by atoms with Crippen LogP contribution in [-0.4, -0.2) is 59.1 Å². The van der Waals surface area contributed by atoms with Crippen LogP contribution in [0.25, 0.3) is 44.8 Å². The number of carbonyl (C=O) groups is 4. The van der Waals surface area contributed by atoms with Crippen molar-refractivity contribution in [2.75, 3.05) is 5.32 Å². The van der Waals surface area contributed by atoms with Crippen LogP contribution in [0.1, 0.15) is 123 Å². The first kappa shape index (κ1) is 51.5. The number of hydrogen-bond acceptors (Lipinski definition) is 6. The molecule has 10 rings (SSSR count). The summed E-state index contributed by atoms with van der Waals surface area (Å²) >= 11 is 0. The molecule has 0 spiro atoms. The number of rotatable bonds is 12. The average molecular weight is 1010 g/mol. The zero-order valence-corrected chi connectivity index (χ0v) is 41.4. The molecule has 12 nitrogen and oxygen atoms in total. The van der Waals surface area contributed by atoms with Crippen molar-refractivity contribution in [2.24, 2.45) is 17.8 Å². The summed E-state index contributed by atoms with van der Waals surface area (Å²) in [6, 6.07) is 24.3. The minimum Gasteiger partial charge on any atom is -0.481 e. The van der Waals surface area contributed by atoms with Crippen molar-refractivity contribution >= 4 is 51.5 Å². The number of carboxylic acids is 2. The quantitative estimate of drug-likeness (QED) is 0.0877. The van der Waals surface area contributed by atoms with Gasteiger partial charge in [-0.2, -0.15) is 0 Å². The Morgan fingerprint density at radius 2 is 0.959 bits per heavy atom. The van der Waals surface area contributed by atoms with Crippen LogP contribution in [0.4, 0.5) is 23.2 Å². The highest BCUT2D eigenvalue weighted by Crippen LogP contribution is 2.41. The molecule has 16 heteroatoms. The smallest absolute Gasteiger partial charge is 0.335 e. The molecule has 2 unspecified atom stereocenters. The van der Waals surface area contributed by atoms with Crippen LogP contribution >= 0.6 is 0 Å². The molecule has 2 heterocycles. The molecule has 0 aliphatic heterocycles. The van der Waals surface area contributed by atoms with Gasteiger partial charge in [-0.15, -0.1) is 0 Å². The van der Waals surface area contributed by atoms with Gasteiger partial charge < -0.3 is 30.0 Å². The summed E-state index contributed by atoms with van der Waals surface area (Å²) in [5.41, 5.74) is 5.53. The SMILES string of the molecule is Cc1ccc(-c2nc3cc(F)c(F)cc3n2C(C(=O)NC2CCC(C(=O)O)CC2)C2CCCCC2)cc1.Cc1ccc(-c2nc3cc(F)c(F)cc3n2C(C(=O)Nc2ccc(C(=O)O)cc2)C2CCCCC2)cc1. The molecule has 5 aromatic carbocycles. The highest BCUT2D eigenvalue weighted by Gasteiger charge is 2.38. The molecule has 386 valence electrons. The lowest BCUT2D eigenvalue weighted by atomic mass is 9.82. The first-order valence-corrected chi connectivity index (χ1v) is 25.7. The summed E-state index contributed by atoms with van der Waals surface area (Å²) in [5.74, 6) is -5.66. The van der Waals surface area contributed by atoms with Gasteiger partial charge in [-0.3, -0.25) is 14.4 Å². The average Bonchev–Trinajstić information content (AvgIpc) is 3.93. The molecular weight excluding hydrogens is 953 g/mol. The van der Waals surface area contributed by atoms with Crippen LogP contribution in [-0.2, 0) is 14.4 Å². The third-order valence-corrected chi connectivity index (χ3v) is 15.2. The van der Waals surface area contributed by atoms with E-state index in [0.29, 0.717) is 59.6 Å². The maximum absolute atomic E-state index is 14.5. The number of aromatic carboxylic acids is 1. The fourth-order valence-corrected chi connectivity index (χ4v) is 11.2. The van der Waals surface area contributed by atoms with Crippen LogP contribution in [0.5, 0.6) is 0 Å². The lowest BCUT2D eigenvalue weighted by Crippen LogP contribution is -2.44. The van der Waals surface area contributed by atoms with Gasteiger partial charge in [-0.1, -0.05) is 98.2 Å². The number of aliphatic carboxylic acids is 1. The highest BCUT2D eigenvalue weighted by molar-refractivity contribution is 5.97. The van der Waals surface area contributed by atoms with Gasteiger partial charge in [0.25, 0.3) is 0 Å². The van der Waals surface area contributed by atoms with Gasteiger partial charge in [0.2, 0.25) is 11.8 Å². The number of hydrogen-bond donors (Lipinski definition) is 4. The number of anilines is 1. The Kier molecular flexibility index (Phi) is 15.6. The zero-order valence-electron chi connectivity index (χ0n) is 41.4. The summed E-state index contributed by atoms with van der Waals surface area (Å²) in [7, 11) is 0. The van der Waals surface area contributed by atoms with E-state index in [1.807, 2.05) is 66.9 Å². The number of aromatic nitrogens is 4.